The zero-order valence-corrected chi connectivity index (χ0v) is 11.8. The van der Waals surface area contributed by atoms with Gasteiger partial charge in [-0.15, -0.1) is 0 Å². The van der Waals surface area contributed by atoms with Crippen LogP contribution in [0.5, 0.6) is 5.75 Å². The van der Waals surface area contributed by atoms with Crippen molar-refractivity contribution in [3.05, 3.63) is 47.8 Å². The molecule has 1 N–H and O–H groups in total. The molecule has 5 nitrogen and oxygen atoms in total. The van der Waals surface area contributed by atoms with E-state index in [2.05, 4.69) is 20.5 Å². The van der Waals surface area contributed by atoms with Crippen LogP contribution in [0, 0.1) is 0 Å². The molecule has 0 amide bonds. The third-order valence-electron chi connectivity index (χ3n) is 2.78. The maximum atomic E-state index is 12.5. The van der Waals surface area contributed by atoms with Crippen molar-refractivity contribution in [2.75, 3.05) is 12.5 Å². The SMILES string of the molecule is COc1ccc(/C(C)=N/Nc2nccc(C(F)(F)F)n2)cc1. The molecule has 0 aliphatic rings. The molecule has 0 saturated carbocycles. The molecular formula is C14H13F3N4O. The van der Waals surface area contributed by atoms with Gasteiger partial charge < -0.3 is 4.74 Å². The van der Waals surface area contributed by atoms with E-state index in [0.29, 0.717) is 11.5 Å². The third-order valence-corrected chi connectivity index (χ3v) is 2.78. The smallest absolute Gasteiger partial charge is 0.433 e. The summed E-state index contributed by atoms with van der Waals surface area (Å²) in [5, 5.41) is 3.98. The minimum Gasteiger partial charge on any atom is -0.497 e. The van der Waals surface area contributed by atoms with E-state index in [1.165, 1.54) is 0 Å². The van der Waals surface area contributed by atoms with Crippen LogP contribution in [0.25, 0.3) is 0 Å². The predicted octanol–water partition coefficient (Wildman–Crippen LogP) is 3.34. The Morgan fingerprint density at radius 2 is 1.86 bits per heavy atom. The normalized spacial score (nSPS) is 12.1. The Morgan fingerprint density at radius 1 is 1.18 bits per heavy atom. The van der Waals surface area contributed by atoms with Crippen molar-refractivity contribution in [3.8, 4) is 5.75 Å². The number of aromatic nitrogens is 2. The molecule has 116 valence electrons. The van der Waals surface area contributed by atoms with Crippen LogP contribution in [0.1, 0.15) is 18.2 Å². The van der Waals surface area contributed by atoms with E-state index in [1.807, 2.05) is 0 Å². The van der Waals surface area contributed by atoms with Gasteiger partial charge in [0.05, 0.1) is 12.8 Å². The number of hydrogen-bond donors (Lipinski definition) is 1. The number of hydrazone groups is 1. The van der Waals surface area contributed by atoms with Gasteiger partial charge in [0.25, 0.3) is 0 Å². The summed E-state index contributed by atoms with van der Waals surface area (Å²) in [4.78, 5) is 7.06. The lowest BCUT2D eigenvalue weighted by Gasteiger charge is -2.07. The van der Waals surface area contributed by atoms with Crippen molar-refractivity contribution < 1.29 is 17.9 Å². The molecule has 0 aliphatic carbocycles. The average molecular weight is 310 g/mol. The molecule has 2 rings (SSSR count). The van der Waals surface area contributed by atoms with Gasteiger partial charge >= 0.3 is 6.18 Å². The van der Waals surface area contributed by atoms with Crippen molar-refractivity contribution in [1.82, 2.24) is 9.97 Å². The van der Waals surface area contributed by atoms with Crippen molar-refractivity contribution in [2.45, 2.75) is 13.1 Å². The van der Waals surface area contributed by atoms with Crippen molar-refractivity contribution in [3.63, 3.8) is 0 Å². The molecule has 0 atom stereocenters. The first kappa shape index (κ1) is 15.7. The van der Waals surface area contributed by atoms with Crippen LogP contribution in [0.15, 0.2) is 41.6 Å². The van der Waals surface area contributed by atoms with E-state index in [0.717, 1.165) is 17.8 Å². The Kier molecular flexibility index (Phi) is 4.59. The molecule has 0 radical (unpaired) electrons. The molecule has 8 heteroatoms. The molecule has 0 unspecified atom stereocenters. The van der Waals surface area contributed by atoms with Crippen molar-refractivity contribution in [2.24, 2.45) is 5.10 Å². The number of ether oxygens (including phenoxy) is 1. The van der Waals surface area contributed by atoms with Crippen LogP contribution in [-0.4, -0.2) is 22.8 Å². The zero-order chi connectivity index (χ0) is 16.2. The molecule has 1 heterocycles. The summed E-state index contributed by atoms with van der Waals surface area (Å²) >= 11 is 0. The minimum absolute atomic E-state index is 0.220. The maximum Gasteiger partial charge on any atom is 0.433 e. The van der Waals surface area contributed by atoms with Gasteiger partial charge in [-0.25, -0.2) is 15.4 Å². The Labute approximate surface area is 124 Å². The number of hydrogen-bond acceptors (Lipinski definition) is 5. The first-order chi connectivity index (χ1) is 10.4. The predicted molar refractivity (Wildman–Crippen MR) is 75.9 cm³/mol. The summed E-state index contributed by atoms with van der Waals surface area (Å²) in [6, 6.07) is 7.88. The second-order valence-corrected chi connectivity index (χ2v) is 4.30. The lowest BCUT2D eigenvalue weighted by atomic mass is 10.1. The van der Waals surface area contributed by atoms with Gasteiger partial charge in [0.1, 0.15) is 11.4 Å². The van der Waals surface area contributed by atoms with Crippen LogP contribution < -0.4 is 10.2 Å². The molecule has 2 aromatic rings. The molecule has 0 fully saturated rings. The Balaban J connectivity index is 2.13. The topological polar surface area (TPSA) is 59.4 Å². The lowest BCUT2D eigenvalue weighted by Crippen LogP contribution is -2.10. The summed E-state index contributed by atoms with van der Waals surface area (Å²) in [7, 11) is 1.56. The zero-order valence-electron chi connectivity index (χ0n) is 11.8. The fourth-order valence-electron chi connectivity index (χ4n) is 1.60. The van der Waals surface area contributed by atoms with E-state index in [9.17, 15) is 13.2 Å². The van der Waals surface area contributed by atoms with Gasteiger partial charge in [0, 0.05) is 6.20 Å². The molecule has 0 saturated heterocycles. The summed E-state index contributed by atoms with van der Waals surface area (Å²) in [5.41, 5.74) is 2.76. The maximum absolute atomic E-state index is 12.5. The highest BCUT2D eigenvalue weighted by Crippen LogP contribution is 2.27. The Hall–Kier alpha value is -2.64. The Morgan fingerprint density at radius 3 is 2.45 bits per heavy atom. The average Bonchev–Trinajstić information content (AvgIpc) is 2.52. The fourth-order valence-corrected chi connectivity index (χ4v) is 1.60. The molecule has 0 bridgehead atoms. The third kappa shape index (κ3) is 3.94. The van der Waals surface area contributed by atoms with Gasteiger partial charge in [-0.2, -0.15) is 18.3 Å². The molecule has 0 aliphatic heterocycles. The van der Waals surface area contributed by atoms with Crippen LogP contribution >= 0.6 is 0 Å². The number of methoxy groups -OCH3 is 1. The van der Waals surface area contributed by atoms with Gasteiger partial charge in [-0.1, -0.05) is 0 Å². The van der Waals surface area contributed by atoms with E-state index in [-0.39, 0.29) is 5.95 Å². The van der Waals surface area contributed by atoms with Crippen LogP contribution in [0.3, 0.4) is 0 Å². The van der Waals surface area contributed by atoms with E-state index < -0.39 is 11.9 Å². The molecular weight excluding hydrogens is 297 g/mol. The molecule has 22 heavy (non-hydrogen) atoms. The highest BCUT2D eigenvalue weighted by Gasteiger charge is 2.32. The van der Waals surface area contributed by atoms with Crippen LogP contribution in [-0.2, 0) is 6.18 Å². The van der Waals surface area contributed by atoms with Crippen LogP contribution in [0.2, 0.25) is 0 Å². The minimum atomic E-state index is -4.52. The highest BCUT2D eigenvalue weighted by molar-refractivity contribution is 5.99. The number of anilines is 1. The highest BCUT2D eigenvalue weighted by atomic mass is 19.4. The van der Waals surface area contributed by atoms with Crippen LogP contribution in [0.4, 0.5) is 19.1 Å². The van der Waals surface area contributed by atoms with Crippen molar-refractivity contribution >= 4 is 11.7 Å². The second-order valence-electron chi connectivity index (χ2n) is 4.30. The second kappa shape index (κ2) is 6.42. The van der Waals surface area contributed by atoms with Gasteiger partial charge in [-0.3, -0.25) is 0 Å². The number of benzene rings is 1. The number of nitrogens with zero attached hydrogens (tertiary/aromatic N) is 3. The summed E-state index contributed by atoms with van der Waals surface area (Å²) < 4.78 is 42.7. The Bertz CT molecular complexity index is 669. The summed E-state index contributed by atoms with van der Waals surface area (Å²) in [5.74, 6) is 0.480. The monoisotopic (exact) mass is 310 g/mol. The molecule has 1 aromatic heterocycles. The molecule has 0 spiro atoms. The van der Waals surface area contributed by atoms with E-state index in [1.54, 1.807) is 38.3 Å². The lowest BCUT2D eigenvalue weighted by molar-refractivity contribution is -0.141. The first-order valence-electron chi connectivity index (χ1n) is 6.25. The van der Waals surface area contributed by atoms with Crippen molar-refractivity contribution in [1.29, 1.82) is 0 Å². The first-order valence-corrected chi connectivity index (χ1v) is 6.25. The summed E-state index contributed by atoms with van der Waals surface area (Å²) in [6.45, 7) is 1.71. The largest absolute Gasteiger partial charge is 0.497 e. The van der Waals surface area contributed by atoms with E-state index >= 15 is 0 Å². The fraction of sp³-hybridized carbons (Fsp3) is 0.214. The number of nitrogens with one attached hydrogen (secondary N) is 1. The van der Waals surface area contributed by atoms with Gasteiger partial charge in [0.15, 0.2) is 0 Å². The van der Waals surface area contributed by atoms with Gasteiger partial charge in [0.2, 0.25) is 5.95 Å². The standard InChI is InChI=1S/C14H13F3N4O/c1-9(10-3-5-11(22-2)6-4-10)20-21-13-18-8-7-12(19-13)14(15,16)17/h3-8H,1-2H3,(H,18,19,21)/b20-9+. The number of rotatable bonds is 4. The molecule has 1 aromatic carbocycles. The number of halogens is 3. The number of alkyl halides is 3. The van der Waals surface area contributed by atoms with E-state index in [4.69, 9.17) is 4.74 Å². The van der Waals surface area contributed by atoms with Gasteiger partial charge in [-0.05, 0) is 42.8 Å². The summed E-state index contributed by atoms with van der Waals surface area (Å²) in [6.07, 6.45) is -3.50. The quantitative estimate of drug-likeness (QED) is 0.695.